The average molecular weight is 247 g/mol. The zero-order valence-corrected chi connectivity index (χ0v) is 10.8. The minimum Gasteiger partial charge on any atom is -0.396 e. The van der Waals surface area contributed by atoms with Gasteiger partial charge in [-0.25, -0.2) is 0 Å². The standard InChI is InChI=1S/C15H21NO2/c17-11-15(6-3-7-18-12-15)10-16-8-13-4-1-2-5-14(13)9-16/h1-2,4-5,17H,3,6-12H2. The lowest BCUT2D eigenvalue weighted by molar-refractivity contribution is -0.0561. The molecule has 1 N–H and O–H groups in total. The lowest BCUT2D eigenvalue weighted by Gasteiger charge is -2.38. The number of aliphatic hydroxyl groups is 1. The molecule has 0 bridgehead atoms. The summed E-state index contributed by atoms with van der Waals surface area (Å²) in [6, 6.07) is 8.62. The van der Waals surface area contributed by atoms with Crippen molar-refractivity contribution in [3.05, 3.63) is 35.4 Å². The summed E-state index contributed by atoms with van der Waals surface area (Å²) in [6.07, 6.45) is 2.15. The molecule has 98 valence electrons. The van der Waals surface area contributed by atoms with Crippen LogP contribution in [0.15, 0.2) is 24.3 Å². The molecule has 0 saturated carbocycles. The van der Waals surface area contributed by atoms with Crippen LogP contribution in [0.5, 0.6) is 0 Å². The lowest BCUT2D eigenvalue weighted by Crippen LogP contribution is -2.44. The highest BCUT2D eigenvalue weighted by Crippen LogP contribution is 2.32. The summed E-state index contributed by atoms with van der Waals surface area (Å²) in [6.45, 7) is 4.76. The SMILES string of the molecule is OCC1(CN2Cc3ccccc3C2)CCCOC1. The maximum Gasteiger partial charge on any atom is 0.0556 e. The molecule has 3 rings (SSSR count). The van der Waals surface area contributed by atoms with E-state index in [-0.39, 0.29) is 12.0 Å². The van der Waals surface area contributed by atoms with Gasteiger partial charge in [0.15, 0.2) is 0 Å². The Morgan fingerprint density at radius 3 is 2.50 bits per heavy atom. The van der Waals surface area contributed by atoms with Gasteiger partial charge in [-0.15, -0.1) is 0 Å². The second-order valence-electron chi connectivity index (χ2n) is 5.73. The van der Waals surface area contributed by atoms with Gasteiger partial charge in [0.25, 0.3) is 0 Å². The van der Waals surface area contributed by atoms with Gasteiger partial charge in [-0.3, -0.25) is 4.90 Å². The fourth-order valence-electron chi connectivity index (χ4n) is 3.20. The monoisotopic (exact) mass is 247 g/mol. The Balaban J connectivity index is 1.67. The van der Waals surface area contributed by atoms with Crippen molar-refractivity contribution in [2.75, 3.05) is 26.4 Å². The van der Waals surface area contributed by atoms with Crippen molar-refractivity contribution in [1.29, 1.82) is 0 Å². The quantitative estimate of drug-likeness (QED) is 0.884. The van der Waals surface area contributed by atoms with E-state index < -0.39 is 0 Å². The Kier molecular flexibility index (Phi) is 3.37. The van der Waals surface area contributed by atoms with E-state index in [0.717, 1.165) is 39.1 Å². The Labute approximate surface area is 108 Å². The first-order chi connectivity index (χ1) is 8.81. The Bertz CT molecular complexity index is 388. The molecule has 1 fully saturated rings. The number of benzene rings is 1. The minimum absolute atomic E-state index is 0.0414. The van der Waals surface area contributed by atoms with E-state index in [1.165, 1.54) is 11.1 Å². The van der Waals surface area contributed by atoms with Gasteiger partial charge in [0, 0.05) is 31.7 Å². The highest BCUT2D eigenvalue weighted by atomic mass is 16.5. The Morgan fingerprint density at radius 1 is 1.22 bits per heavy atom. The molecule has 1 atom stereocenters. The van der Waals surface area contributed by atoms with Gasteiger partial charge in [0.05, 0.1) is 13.2 Å². The normalized spacial score (nSPS) is 28.3. The first-order valence-electron chi connectivity index (χ1n) is 6.79. The van der Waals surface area contributed by atoms with Crippen molar-refractivity contribution in [3.8, 4) is 0 Å². The second-order valence-corrected chi connectivity index (χ2v) is 5.73. The number of nitrogens with zero attached hydrogens (tertiary/aromatic N) is 1. The topological polar surface area (TPSA) is 32.7 Å². The zero-order chi connectivity index (χ0) is 12.4. The molecular weight excluding hydrogens is 226 g/mol. The first kappa shape index (κ1) is 12.2. The lowest BCUT2D eigenvalue weighted by atomic mass is 9.83. The molecule has 0 aliphatic carbocycles. The molecule has 1 saturated heterocycles. The molecule has 1 aromatic rings. The van der Waals surface area contributed by atoms with Crippen LogP contribution in [0.4, 0.5) is 0 Å². The van der Waals surface area contributed by atoms with Crippen LogP contribution < -0.4 is 0 Å². The van der Waals surface area contributed by atoms with Crippen LogP contribution in [0.1, 0.15) is 24.0 Å². The Hall–Kier alpha value is -0.900. The highest BCUT2D eigenvalue weighted by molar-refractivity contribution is 5.30. The number of fused-ring (bicyclic) bond motifs is 1. The maximum atomic E-state index is 9.71. The van der Waals surface area contributed by atoms with Crippen LogP contribution in [0.2, 0.25) is 0 Å². The van der Waals surface area contributed by atoms with E-state index in [1.807, 2.05) is 0 Å². The number of aliphatic hydroxyl groups excluding tert-OH is 1. The molecule has 0 aromatic heterocycles. The molecule has 2 aliphatic heterocycles. The van der Waals surface area contributed by atoms with E-state index in [2.05, 4.69) is 29.2 Å². The largest absolute Gasteiger partial charge is 0.396 e. The van der Waals surface area contributed by atoms with Crippen LogP contribution in [-0.2, 0) is 17.8 Å². The van der Waals surface area contributed by atoms with Gasteiger partial charge < -0.3 is 9.84 Å². The maximum absolute atomic E-state index is 9.71. The van der Waals surface area contributed by atoms with Crippen molar-refractivity contribution >= 4 is 0 Å². The van der Waals surface area contributed by atoms with Gasteiger partial charge >= 0.3 is 0 Å². The number of hydrogen-bond donors (Lipinski definition) is 1. The van der Waals surface area contributed by atoms with Crippen molar-refractivity contribution in [1.82, 2.24) is 4.90 Å². The van der Waals surface area contributed by atoms with Crippen LogP contribution in [-0.4, -0.2) is 36.4 Å². The van der Waals surface area contributed by atoms with Gasteiger partial charge in [-0.1, -0.05) is 24.3 Å². The molecule has 18 heavy (non-hydrogen) atoms. The summed E-state index contributed by atoms with van der Waals surface area (Å²) in [5.41, 5.74) is 2.82. The first-order valence-corrected chi connectivity index (χ1v) is 6.79. The predicted octanol–water partition coefficient (Wildman–Crippen LogP) is 1.79. The summed E-state index contributed by atoms with van der Waals surface area (Å²) in [5.74, 6) is 0. The summed E-state index contributed by atoms with van der Waals surface area (Å²) in [4.78, 5) is 2.44. The molecule has 0 amide bonds. The van der Waals surface area contributed by atoms with Gasteiger partial charge in [-0.05, 0) is 24.0 Å². The molecule has 2 aliphatic rings. The predicted molar refractivity (Wildman–Crippen MR) is 70.1 cm³/mol. The van der Waals surface area contributed by atoms with Gasteiger partial charge in [-0.2, -0.15) is 0 Å². The fourth-order valence-corrected chi connectivity index (χ4v) is 3.20. The van der Waals surface area contributed by atoms with Crippen molar-refractivity contribution in [2.24, 2.45) is 5.41 Å². The summed E-state index contributed by atoms with van der Waals surface area (Å²) in [5, 5.41) is 9.71. The summed E-state index contributed by atoms with van der Waals surface area (Å²) < 4.78 is 5.58. The number of rotatable bonds is 3. The van der Waals surface area contributed by atoms with Gasteiger partial charge in [0.1, 0.15) is 0 Å². The number of hydrogen-bond acceptors (Lipinski definition) is 3. The van der Waals surface area contributed by atoms with Crippen molar-refractivity contribution in [2.45, 2.75) is 25.9 Å². The van der Waals surface area contributed by atoms with Crippen LogP contribution in [0.3, 0.4) is 0 Å². The van der Waals surface area contributed by atoms with Crippen molar-refractivity contribution < 1.29 is 9.84 Å². The van der Waals surface area contributed by atoms with E-state index in [9.17, 15) is 5.11 Å². The van der Waals surface area contributed by atoms with E-state index >= 15 is 0 Å². The van der Waals surface area contributed by atoms with Crippen LogP contribution in [0, 0.1) is 5.41 Å². The molecule has 0 radical (unpaired) electrons. The molecule has 3 nitrogen and oxygen atoms in total. The molecule has 2 heterocycles. The third kappa shape index (κ3) is 2.30. The second kappa shape index (κ2) is 5.00. The van der Waals surface area contributed by atoms with E-state index in [0.29, 0.717) is 6.61 Å². The summed E-state index contributed by atoms with van der Waals surface area (Å²) in [7, 11) is 0. The number of ether oxygens (including phenoxy) is 1. The van der Waals surface area contributed by atoms with Crippen LogP contribution >= 0.6 is 0 Å². The molecular formula is C15H21NO2. The smallest absolute Gasteiger partial charge is 0.0556 e. The minimum atomic E-state index is -0.0414. The van der Waals surface area contributed by atoms with Crippen molar-refractivity contribution in [3.63, 3.8) is 0 Å². The van der Waals surface area contributed by atoms with Crippen LogP contribution in [0.25, 0.3) is 0 Å². The summed E-state index contributed by atoms with van der Waals surface area (Å²) >= 11 is 0. The van der Waals surface area contributed by atoms with Gasteiger partial charge in [0.2, 0.25) is 0 Å². The van der Waals surface area contributed by atoms with E-state index in [4.69, 9.17) is 4.74 Å². The average Bonchev–Trinajstić information content (AvgIpc) is 2.81. The Morgan fingerprint density at radius 2 is 1.94 bits per heavy atom. The third-order valence-corrected chi connectivity index (χ3v) is 4.20. The molecule has 1 unspecified atom stereocenters. The molecule has 1 aromatic carbocycles. The fraction of sp³-hybridized carbons (Fsp3) is 0.600. The van der Waals surface area contributed by atoms with E-state index in [1.54, 1.807) is 0 Å². The molecule has 0 spiro atoms. The third-order valence-electron chi connectivity index (χ3n) is 4.20. The zero-order valence-electron chi connectivity index (χ0n) is 10.8. The molecule has 3 heteroatoms. The highest BCUT2D eigenvalue weighted by Gasteiger charge is 2.35.